The van der Waals surface area contributed by atoms with E-state index >= 15 is 0 Å². The second kappa shape index (κ2) is 10.6. The number of benzene rings is 2. The SMILES string of the molecule is CC(C)(C)C=C(C#N)C(=O)N1CCC[C@@H](c2nc(-c3ccc(Oc4ccccc4)cc3)c3c(N)nccn23)C1. The van der Waals surface area contributed by atoms with Crippen molar-refractivity contribution in [2.45, 2.75) is 39.5 Å². The van der Waals surface area contributed by atoms with Gasteiger partial charge in [0, 0.05) is 37.0 Å². The van der Waals surface area contributed by atoms with E-state index in [1.807, 2.05) is 86.0 Å². The number of rotatable bonds is 5. The summed E-state index contributed by atoms with van der Waals surface area (Å²) in [6.45, 7) is 7.03. The summed E-state index contributed by atoms with van der Waals surface area (Å²) in [4.78, 5) is 24.4. The fraction of sp³-hybridized carbons (Fsp3) is 0.290. The quantitative estimate of drug-likeness (QED) is 0.256. The molecule has 0 spiro atoms. The molecule has 198 valence electrons. The Morgan fingerprint density at radius 3 is 2.54 bits per heavy atom. The monoisotopic (exact) mass is 520 g/mol. The van der Waals surface area contributed by atoms with Gasteiger partial charge in [0.15, 0.2) is 0 Å². The summed E-state index contributed by atoms with van der Waals surface area (Å²) < 4.78 is 7.93. The standard InChI is InChI=1S/C31H32N6O2/c1-31(2,3)18-23(19-32)30(38)36-16-7-8-22(20-36)29-35-26(27-28(33)34-15-17-37(27)29)21-11-13-25(14-12-21)39-24-9-5-4-6-10-24/h4-6,9-15,17-18,22H,7-8,16,20H2,1-3H3,(H2,33,34)/t22-/m1/s1. The fourth-order valence-electron chi connectivity index (χ4n) is 5.00. The summed E-state index contributed by atoms with van der Waals surface area (Å²) in [5.41, 5.74) is 8.63. The van der Waals surface area contributed by atoms with Gasteiger partial charge in [-0.1, -0.05) is 45.0 Å². The predicted octanol–water partition coefficient (Wildman–Crippen LogP) is 5.97. The molecule has 1 aliphatic heterocycles. The number of nitrogens with two attached hydrogens (primary N) is 1. The Morgan fingerprint density at radius 2 is 1.85 bits per heavy atom. The lowest BCUT2D eigenvalue weighted by atomic mass is 9.92. The molecule has 1 saturated heterocycles. The largest absolute Gasteiger partial charge is 0.457 e. The Morgan fingerprint density at radius 1 is 1.13 bits per heavy atom. The number of likely N-dealkylation sites (tertiary alicyclic amines) is 1. The van der Waals surface area contributed by atoms with Crippen molar-refractivity contribution in [1.82, 2.24) is 19.3 Å². The number of ether oxygens (including phenoxy) is 1. The average molecular weight is 521 g/mol. The van der Waals surface area contributed by atoms with E-state index in [-0.39, 0.29) is 22.8 Å². The first kappa shape index (κ1) is 26.0. The number of hydrogen-bond acceptors (Lipinski definition) is 6. The number of anilines is 1. The number of amides is 1. The summed E-state index contributed by atoms with van der Waals surface area (Å²) in [6, 6.07) is 19.5. The van der Waals surface area contributed by atoms with Gasteiger partial charge in [-0.05, 0) is 54.7 Å². The number of fused-ring (bicyclic) bond motifs is 1. The topological polar surface area (TPSA) is 110 Å². The maximum atomic E-state index is 13.3. The van der Waals surface area contributed by atoms with Gasteiger partial charge in [-0.25, -0.2) is 9.97 Å². The van der Waals surface area contributed by atoms with E-state index in [1.165, 1.54) is 0 Å². The number of nitrogens with zero attached hydrogens (tertiary/aromatic N) is 5. The number of carbonyl (C=O) groups is 1. The lowest BCUT2D eigenvalue weighted by Gasteiger charge is -2.32. The van der Waals surface area contributed by atoms with Crippen molar-refractivity contribution in [3.05, 3.63) is 84.5 Å². The molecule has 0 bridgehead atoms. The van der Waals surface area contributed by atoms with Crippen LogP contribution in [0.2, 0.25) is 0 Å². The summed E-state index contributed by atoms with van der Waals surface area (Å²) in [6.07, 6.45) is 6.98. The molecule has 0 radical (unpaired) electrons. The molecule has 1 atom stereocenters. The third-order valence-electron chi connectivity index (χ3n) is 6.72. The average Bonchev–Trinajstić information content (AvgIpc) is 3.33. The number of piperidine rings is 1. The van der Waals surface area contributed by atoms with E-state index < -0.39 is 0 Å². The van der Waals surface area contributed by atoms with E-state index in [9.17, 15) is 10.1 Å². The lowest BCUT2D eigenvalue weighted by molar-refractivity contribution is -0.128. The maximum absolute atomic E-state index is 13.3. The van der Waals surface area contributed by atoms with Crippen LogP contribution in [0.5, 0.6) is 11.5 Å². The highest BCUT2D eigenvalue weighted by molar-refractivity contribution is 5.97. The highest BCUT2D eigenvalue weighted by Gasteiger charge is 2.31. The molecule has 0 unspecified atom stereocenters. The first-order valence-electron chi connectivity index (χ1n) is 13.1. The van der Waals surface area contributed by atoms with Crippen LogP contribution in [0.15, 0.2) is 78.6 Å². The van der Waals surface area contributed by atoms with Crippen LogP contribution in [0.4, 0.5) is 5.82 Å². The first-order chi connectivity index (χ1) is 18.7. The fourth-order valence-corrected chi connectivity index (χ4v) is 5.00. The molecular formula is C31H32N6O2. The molecule has 1 aliphatic rings. The van der Waals surface area contributed by atoms with Gasteiger partial charge in [0.25, 0.3) is 5.91 Å². The van der Waals surface area contributed by atoms with Crippen LogP contribution in [0.1, 0.15) is 45.4 Å². The van der Waals surface area contributed by atoms with Crippen molar-refractivity contribution < 1.29 is 9.53 Å². The van der Waals surface area contributed by atoms with Crippen molar-refractivity contribution in [1.29, 1.82) is 5.26 Å². The number of hydrogen-bond donors (Lipinski definition) is 1. The van der Waals surface area contributed by atoms with Crippen LogP contribution in [0, 0.1) is 16.7 Å². The molecule has 5 rings (SSSR count). The zero-order chi connectivity index (χ0) is 27.6. The zero-order valence-corrected chi connectivity index (χ0v) is 22.5. The van der Waals surface area contributed by atoms with Crippen LogP contribution in [-0.4, -0.2) is 38.3 Å². The summed E-state index contributed by atoms with van der Waals surface area (Å²) in [5.74, 6) is 2.46. The Kier molecular flexibility index (Phi) is 7.07. The van der Waals surface area contributed by atoms with Crippen molar-refractivity contribution in [3.63, 3.8) is 0 Å². The number of allylic oxidation sites excluding steroid dienone is 1. The van der Waals surface area contributed by atoms with E-state index in [2.05, 4.69) is 11.1 Å². The third kappa shape index (κ3) is 5.63. The van der Waals surface area contributed by atoms with Gasteiger partial charge in [-0.2, -0.15) is 5.26 Å². The molecule has 8 heteroatoms. The molecule has 2 N–H and O–H groups in total. The Labute approximate surface area is 228 Å². The minimum atomic E-state index is -0.268. The maximum Gasteiger partial charge on any atom is 0.264 e. The Balaban J connectivity index is 1.46. The third-order valence-corrected chi connectivity index (χ3v) is 6.72. The molecule has 1 fully saturated rings. The van der Waals surface area contributed by atoms with Crippen LogP contribution < -0.4 is 10.5 Å². The number of aromatic nitrogens is 3. The van der Waals surface area contributed by atoms with Crippen LogP contribution in [0.3, 0.4) is 0 Å². The van der Waals surface area contributed by atoms with E-state index in [0.717, 1.165) is 46.9 Å². The van der Waals surface area contributed by atoms with Gasteiger partial charge in [0.05, 0.1) is 0 Å². The number of para-hydroxylation sites is 1. The van der Waals surface area contributed by atoms with Crippen molar-refractivity contribution in [3.8, 4) is 28.8 Å². The van der Waals surface area contributed by atoms with Gasteiger partial charge >= 0.3 is 0 Å². The van der Waals surface area contributed by atoms with Crippen molar-refractivity contribution in [2.75, 3.05) is 18.8 Å². The zero-order valence-electron chi connectivity index (χ0n) is 22.5. The molecule has 0 aliphatic carbocycles. The van der Waals surface area contributed by atoms with Crippen molar-refractivity contribution >= 4 is 17.2 Å². The second-order valence-electron chi connectivity index (χ2n) is 10.9. The number of carbonyl (C=O) groups excluding carboxylic acids is 1. The van der Waals surface area contributed by atoms with Crippen LogP contribution >= 0.6 is 0 Å². The van der Waals surface area contributed by atoms with Gasteiger partial charge in [-0.3, -0.25) is 9.20 Å². The molecular weight excluding hydrogens is 488 g/mol. The van der Waals surface area contributed by atoms with Gasteiger partial charge in [0.2, 0.25) is 0 Å². The number of imidazole rings is 1. The van der Waals surface area contributed by atoms with Gasteiger partial charge in [0.1, 0.15) is 46.0 Å². The summed E-state index contributed by atoms with van der Waals surface area (Å²) >= 11 is 0. The molecule has 2 aromatic carbocycles. The summed E-state index contributed by atoms with van der Waals surface area (Å²) in [5, 5.41) is 9.66. The molecule has 39 heavy (non-hydrogen) atoms. The number of nitrogen functional groups attached to an aromatic ring is 1. The Bertz CT molecular complexity index is 1560. The Hall–Kier alpha value is -4.64. The molecule has 1 amide bonds. The highest BCUT2D eigenvalue weighted by atomic mass is 16.5. The summed E-state index contributed by atoms with van der Waals surface area (Å²) in [7, 11) is 0. The molecule has 0 saturated carbocycles. The smallest absolute Gasteiger partial charge is 0.264 e. The van der Waals surface area contributed by atoms with Crippen LogP contribution in [-0.2, 0) is 4.79 Å². The minimum Gasteiger partial charge on any atom is -0.457 e. The number of nitriles is 1. The normalized spacial score (nSPS) is 16.2. The molecule has 2 aromatic heterocycles. The van der Waals surface area contributed by atoms with Gasteiger partial charge in [-0.15, -0.1) is 0 Å². The molecule has 8 nitrogen and oxygen atoms in total. The van der Waals surface area contributed by atoms with E-state index in [1.54, 1.807) is 17.2 Å². The molecule has 3 heterocycles. The highest BCUT2D eigenvalue weighted by Crippen LogP contribution is 2.35. The van der Waals surface area contributed by atoms with Crippen molar-refractivity contribution in [2.24, 2.45) is 5.41 Å². The van der Waals surface area contributed by atoms with Crippen LogP contribution in [0.25, 0.3) is 16.8 Å². The second-order valence-corrected chi connectivity index (χ2v) is 10.9. The van der Waals surface area contributed by atoms with E-state index in [4.69, 9.17) is 15.5 Å². The first-order valence-corrected chi connectivity index (χ1v) is 13.1. The minimum absolute atomic E-state index is 0.0129. The molecule has 4 aromatic rings. The predicted molar refractivity (Wildman–Crippen MR) is 151 cm³/mol. The van der Waals surface area contributed by atoms with Gasteiger partial charge < -0.3 is 15.4 Å². The lowest BCUT2D eigenvalue weighted by Crippen LogP contribution is -2.40. The van der Waals surface area contributed by atoms with E-state index in [0.29, 0.717) is 18.9 Å².